The number of benzene rings is 1. The van der Waals surface area contributed by atoms with Crippen molar-refractivity contribution in [2.24, 2.45) is 5.41 Å². The zero-order valence-electron chi connectivity index (χ0n) is 9.76. The number of anilines is 1. The van der Waals surface area contributed by atoms with Crippen molar-refractivity contribution in [2.75, 3.05) is 18.0 Å². The number of hydrogen-bond acceptors (Lipinski definition) is 1. The van der Waals surface area contributed by atoms with Crippen molar-refractivity contribution in [3.8, 4) is 0 Å². The molecule has 1 heterocycles. The smallest absolute Gasteiger partial charge is 0.0485 e. The molecule has 2 rings (SSSR count). The molecule has 1 aromatic rings. The van der Waals surface area contributed by atoms with Crippen LogP contribution in [0.1, 0.15) is 25.8 Å². The standard InChI is InChI=1S/C13H17BrClN/c1-13(2)5-6-16(9-13)11-4-3-10(8-15)12(14)7-11/h3-4,7H,5-6,8-9H2,1-2H3. The summed E-state index contributed by atoms with van der Waals surface area (Å²) in [5.41, 5.74) is 2.90. The highest BCUT2D eigenvalue weighted by Crippen LogP contribution is 2.34. The van der Waals surface area contributed by atoms with Gasteiger partial charge in [0.2, 0.25) is 0 Å². The predicted molar refractivity (Wildman–Crippen MR) is 74.3 cm³/mol. The van der Waals surface area contributed by atoms with Gasteiger partial charge in [0.25, 0.3) is 0 Å². The van der Waals surface area contributed by atoms with Gasteiger partial charge in [0, 0.05) is 29.1 Å². The van der Waals surface area contributed by atoms with Crippen molar-refractivity contribution in [2.45, 2.75) is 26.1 Å². The number of rotatable bonds is 2. The molecule has 0 bridgehead atoms. The van der Waals surface area contributed by atoms with Gasteiger partial charge in [0.05, 0.1) is 0 Å². The van der Waals surface area contributed by atoms with Crippen LogP contribution in [0.4, 0.5) is 5.69 Å². The number of alkyl halides is 1. The van der Waals surface area contributed by atoms with Crippen molar-refractivity contribution in [3.63, 3.8) is 0 Å². The van der Waals surface area contributed by atoms with Crippen molar-refractivity contribution in [3.05, 3.63) is 28.2 Å². The second-order valence-corrected chi connectivity index (χ2v) is 6.37. The highest BCUT2D eigenvalue weighted by atomic mass is 79.9. The van der Waals surface area contributed by atoms with E-state index in [1.54, 1.807) is 0 Å². The maximum absolute atomic E-state index is 5.85. The molecule has 0 radical (unpaired) electrons. The molecule has 1 aromatic carbocycles. The topological polar surface area (TPSA) is 3.24 Å². The zero-order valence-corrected chi connectivity index (χ0v) is 12.1. The second-order valence-electron chi connectivity index (χ2n) is 5.25. The first-order valence-electron chi connectivity index (χ1n) is 5.61. The first-order chi connectivity index (χ1) is 7.52. The van der Waals surface area contributed by atoms with Gasteiger partial charge in [-0.1, -0.05) is 35.8 Å². The lowest BCUT2D eigenvalue weighted by atomic mass is 9.93. The van der Waals surface area contributed by atoms with E-state index in [1.807, 2.05) is 0 Å². The molecule has 0 spiro atoms. The Morgan fingerprint density at radius 3 is 2.69 bits per heavy atom. The lowest BCUT2D eigenvalue weighted by Crippen LogP contribution is -2.22. The molecular weight excluding hydrogens is 286 g/mol. The van der Waals surface area contributed by atoms with Gasteiger partial charge in [-0.15, -0.1) is 11.6 Å². The lowest BCUT2D eigenvalue weighted by Gasteiger charge is -2.22. The first kappa shape index (κ1) is 12.3. The van der Waals surface area contributed by atoms with Gasteiger partial charge in [-0.25, -0.2) is 0 Å². The van der Waals surface area contributed by atoms with Gasteiger partial charge in [-0.05, 0) is 29.5 Å². The third-order valence-electron chi connectivity index (χ3n) is 3.22. The van der Waals surface area contributed by atoms with Crippen LogP contribution in [0.3, 0.4) is 0 Å². The number of nitrogens with zero attached hydrogens (tertiary/aromatic N) is 1. The third-order valence-corrected chi connectivity index (χ3v) is 4.25. The molecule has 0 N–H and O–H groups in total. The van der Waals surface area contributed by atoms with Crippen LogP contribution in [0.5, 0.6) is 0 Å². The molecule has 0 amide bonds. The lowest BCUT2D eigenvalue weighted by molar-refractivity contribution is 0.418. The number of hydrogen-bond donors (Lipinski definition) is 0. The van der Waals surface area contributed by atoms with Crippen LogP contribution in [0.2, 0.25) is 0 Å². The summed E-state index contributed by atoms with van der Waals surface area (Å²) in [6, 6.07) is 6.46. The van der Waals surface area contributed by atoms with Crippen LogP contribution in [0, 0.1) is 5.41 Å². The largest absolute Gasteiger partial charge is 0.371 e. The van der Waals surface area contributed by atoms with Crippen LogP contribution < -0.4 is 4.90 Å². The fourth-order valence-electron chi connectivity index (χ4n) is 2.17. The van der Waals surface area contributed by atoms with Crippen molar-refractivity contribution < 1.29 is 0 Å². The van der Waals surface area contributed by atoms with Crippen molar-refractivity contribution in [1.82, 2.24) is 0 Å². The molecule has 16 heavy (non-hydrogen) atoms. The monoisotopic (exact) mass is 301 g/mol. The molecule has 0 unspecified atom stereocenters. The van der Waals surface area contributed by atoms with Crippen LogP contribution in [-0.4, -0.2) is 13.1 Å². The van der Waals surface area contributed by atoms with Crippen LogP contribution in [0.15, 0.2) is 22.7 Å². The molecule has 1 aliphatic rings. The second kappa shape index (κ2) is 4.58. The quantitative estimate of drug-likeness (QED) is 0.731. The fraction of sp³-hybridized carbons (Fsp3) is 0.538. The summed E-state index contributed by atoms with van der Waals surface area (Å²) in [4.78, 5) is 2.45. The molecule has 1 nitrogen and oxygen atoms in total. The van der Waals surface area contributed by atoms with Gasteiger partial charge in [0.1, 0.15) is 0 Å². The Bertz CT molecular complexity index is 390. The molecule has 0 aliphatic carbocycles. The van der Waals surface area contributed by atoms with Gasteiger partial charge in [-0.3, -0.25) is 0 Å². The van der Waals surface area contributed by atoms with E-state index in [0.717, 1.165) is 23.1 Å². The van der Waals surface area contributed by atoms with E-state index < -0.39 is 0 Å². The Morgan fingerprint density at radius 1 is 1.44 bits per heavy atom. The summed E-state index contributed by atoms with van der Waals surface area (Å²) in [6.45, 7) is 6.95. The summed E-state index contributed by atoms with van der Waals surface area (Å²) in [5, 5.41) is 0. The molecule has 1 fully saturated rings. The molecule has 0 aromatic heterocycles. The van der Waals surface area contributed by atoms with E-state index in [0.29, 0.717) is 11.3 Å². The average Bonchev–Trinajstić information content (AvgIpc) is 2.59. The number of halogens is 2. The maximum atomic E-state index is 5.85. The molecule has 1 saturated heterocycles. The van der Waals surface area contributed by atoms with Crippen LogP contribution in [0.25, 0.3) is 0 Å². The highest BCUT2D eigenvalue weighted by Gasteiger charge is 2.29. The Kier molecular flexibility index (Phi) is 3.50. The van der Waals surface area contributed by atoms with E-state index in [1.165, 1.54) is 12.1 Å². The normalized spacial score (nSPS) is 19.1. The highest BCUT2D eigenvalue weighted by molar-refractivity contribution is 9.10. The predicted octanol–water partition coefficient (Wildman–Crippen LogP) is 4.42. The van der Waals surface area contributed by atoms with E-state index in [9.17, 15) is 0 Å². The molecule has 3 heteroatoms. The summed E-state index contributed by atoms with van der Waals surface area (Å²) < 4.78 is 1.12. The Labute approximate surface area is 111 Å². The molecule has 0 atom stereocenters. The van der Waals surface area contributed by atoms with E-state index in [-0.39, 0.29) is 0 Å². The van der Waals surface area contributed by atoms with Gasteiger partial charge in [0.15, 0.2) is 0 Å². The molecular formula is C13H17BrClN. The van der Waals surface area contributed by atoms with Gasteiger partial charge < -0.3 is 4.90 Å². The SMILES string of the molecule is CC1(C)CCN(c2ccc(CCl)c(Br)c2)C1. The minimum atomic E-state index is 0.442. The minimum Gasteiger partial charge on any atom is -0.371 e. The molecule has 0 saturated carbocycles. The minimum absolute atomic E-state index is 0.442. The summed E-state index contributed by atoms with van der Waals surface area (Å²) in [6.07, 6.45) is 1.27. The fourth-order valence-corrected chi connectivity index (χ4v) is 3.08. The zero-order chi connectivity index (χ0) is 11.8. The maximum Gasteiger partial charge on any atom is 0.0485 e. The summed E-state index contributed by atoms with van der Waals surface area (Å²) >= 11 is 9.42. The summed E-state index contributed by atoms with van der Waals surface area (Å²) in [7, 11) is 0. The van der Waals surface area contributed by atoms with E-state index in [2.05, 4.69) is 52.9 Å². The Morgan fingerprint density at radius 2 is 2.19 bits per heavy atom. The average molecular weight is 303 g/mol. The van der Waals surface area contributed by atoms with Crippen molar-refractivity contribution in [1.29, 1.82) is 0 Å². The van der Waals surface area contributed by atoms with Gasteiger partial charge >= 0.3 is 0 Å². The van der Waals surface area contributed by atoms with E-state index >= 15 is 0 Å². The Balaban J connectivity index is 2.20. The third kappa shape index (κ3) is 2.54. The van der Waals surface area contributed by atoms with Crippen LogP contribution >= 0.6 is 27.5 Å². The first-order valence-corrected chi connectivity index (χ1v) is 6.94. The van der Waals surface area contributed by atoms with Crippen molar-refractivity contribution >= 4 is 33.2 Å². The Hall–Kier alpha value is -0.210. The van der Waals surface area contributed by atoms with Gasteiger partial charge in [-0.2, -0.15) is 0 Å². The molecule has 1 aliphatic heterocycles. The molecule has 88 valence electrons. The van der Waals surface area contributed by atoms with Crippen LogP contribution in [-0.2, 0) is 5.88 Å². The summed E-state index contributed by atoms with van der Waals surface area (Å²) in [5.74, 6) is 0.562. The van der Waals surface area contributed by atoms with E-state index in [4.69, 9.17) is 11.6 Å².